The molecule has 0 aromatic carbocycles. The van der Waals surface area contributed by atoms with Gasteiger partial charge in [0.1, 0.15) is 6.61 Å². The molecule has 1 saturated carbocycles. The van der Waals surface area contributed by atoms with Gasteiger partial charge in [-0.05, 0) is 32.6 Å². The summed E-state index contributed by atoms with van der Waals surface area (Å²) in [6, 6.07) is 0. The lowest BCUT2D eigenvalue weighted by Crippen LogP contribution is -2.28. The van der Waals surface area contributed by atoms with Crippen LogP contribution in [0.4, 0.5) is 0 Å². The van der Waals surface area contributed by atoms with Crippen LogP contribution in [0.5, 0.6) is 0 Å². The van der Waals surface area contributed by atoms with E-state index in [0.717, 1.165) is 38.8 Å². The van der Waals surface area contributed by atoms with Gasteiger partial charge in [0.15, 0.2) is 0 Å². The quantitative estimate of drug-likeness (QED) is 0.455. The largest absolute Gasteiger partial charge is 0.372 e. The molecule has 1 aliphatic carbocycles. The van der Waals surface area contributed by atoms with E-state index in [-0.39, 0.29) is 18.4 Å². The Balaban J connectivity index is 1.71. The Hall–Kier alpha value is -1.10. The molecular weight excluding hydrogens is 292 g/mol. The molecule has 2 N–H and O–H groups in total. The van der Waals surface area contributed by atoms with E-state index in [9.17, 15) is 9.59 Å². The summed E-state index contributed by atoms with van der Waals surface area (Å²) >= 11 is 0. The van der Waals surface area contributed by atoms with Crippen LogP contribution in [0, 0.1) is 5.92 Å². The third-order valence-electron chi connectivity index (χ3n) is 4.11. The zero-order valence-electron chi connectivity index (χ0n) is 14.7. The van der Waals surface area contributed by atoms with Gasteiger partial charge in [0, 0.05) is 25.6 Å². The first-order chi connectivity index (χ1) is 11.2. The highest BCUT2D eigenvalue weighted by atomic mass is 16.5. The van der Waals surface area contributed by atoms with Gasteiger partial charge in [0.25, 0.3) is 0 Å². The maximum Gasteiger partial charge on any atom is 0.245 e. The molecule has 0 unspecified atom stereocenters. The molecule has 5 heteroatoms. The average Bonchev–Trinajstić information content (AvgIpc) is 3.38. The van der Waals surface area contributed by atoms with Gasteiger partial charge in [-0.1, -0.05) is 38.5 Å². The van der Waals surface area contributed by atoms with Crippen LogP contribution in [0.1, 0.15) is 71.1 Å². The van der Waals surface area contributed by atoms with Crippen molar-refractivity contribution in [3.8, 4) is 0 Å². The van der Waals surface area contributed by atoms with Crippen molar-refractivity contribution in [2.24, 2.45) is 5.92 Å². The topological polar surface area (TPSA) is 67.4 Å². The fraction of sp³-hybridized carbons (Fsp3) is 0.889. The number of carbonyl (C=O) groups is 2. The minimum absolute atomic E-state index is 0.0133. The molecule has 0 bridgehead atoms. The SMILES string of the molecule is CCOCC(=O)NCCCCCCCCCCNC(=O)C1CC1. The van der Waals surface area contributed by atoms with Crippen LogP contribution < -0.4 is 10.6 Å². The highest BCUT2D eigenvalue weighted by Crippen LogP contribution is 2.28. The minimum atomic E-state index is -0.0133. The first kappa shape index (κ1) is 19.9. The molecule has 23 heavy (non-hydrogen) atoms. The summed E-state index contributed by atoms with van der Waals surface area (Å²) in [5.74, 6) is 0.581. The van der Waals surface area contributed by atoms with Crippen LogP contribution in [0.2, 0.25) is 0 Å². The molecule has 0 radical (unpaired) electrons. The Morgan fingerprint density at radius 2 is 1.39 bits per heavy atom. The summed E-state index contributed by atoms with van der Waals surface area (Å²) in [4.78, 5) is 22.7. The standard InChI is InChI=1S/C18H34N2O3/c1-2-23-15-17(21)19-13-9-7-5-3-4-6-8-10-14-20-18(22)16-11-12-16/h16H,2-15H2,1H3,(H,19,21)(H,20,22). The second kappa shape index (κ2) is 13.3. The lowest BCUT2D eigenvalue weighted by molar-refractivity contribution is -0.125. The molecule has 0 spiro atoms. The Kier molecular flexibility index (Phi) is 11.6. The summed E-state index contributed by atoms with van der Waals surface area (Å²) < 4.78 is 5.04. The van der Waals surface area contributed by atoms with Crippen LogP contribution in [-0.4, -0.2) is 38.1 Å². The molecule has 2 amide bonds. The lowest BCUT2D eigenvalue weighted by atomic mass is 10.1. The van der Waals surface area contributed by atoms with E-state index in [1.54, 1.807) is 0 Å². The Labute approximate surface area is 140 Å². The Morgan fingerprint density at radius 3 is 1.91 bits per heavy atom. The van der Waals surface area contributed by atoms with Crippen LogP contribution in [0.25, 0.3) is 0 Å². The van der Waals surface area contributed by atoms with E-state index >= 15 is 0 Å². The number of hydrogen-bond acceptors (Lipinski definition) is 3. The number of unbranched alkanes of at least 4 members (excludes halogenated alkanes) is 7. The van der Waals surface area contributed by atoms with Crippen LogP contribution >= 0.6 is 0 Å². The Morgan fingerprint density at radius 1 is 0.870 bits per heavy atom. The van der Waals surface area contributed by atoms with Gasteiger partial charge >= 0.3 is 0 Å². The second-order valence-corrected chi connectivity index (χ2v) is 6.38. The Bertz CT molecular complexity index is 330. The second-order valence-electron chi connectivity index (χ2n) is 6.38. The summed E-state index contributed by atoms with van der Waals surface area (Å²) in [6.07, 6.45) is 11.7. The van der Waals surface area contributed by atoms with E-state index in [1.807, 2.05) is 6.92 Å². The summed E-state index contributed by atoms with van der Waals surface area (Å²) in [6.45, 7) is 4.25. The van der Waals surface area contributed by atoms with E-state index in [2.05, 4.69) is 10.6 Å². The van der Waals surface area contributed by atoms with Crippen LogP contribution in [0.15, 0.2) is 0 Å². The van der Waals surface area contributed by atoms with E-state index in [0.29, 0.717) is 12.5 Å². The zero-order chi connectivity index (χ0) is 16.8. The van der Waals surface area contributed by atoms with Crippen molar-refractivity contribution in [3.63, 3.8) is 0 Å². The molecule has 0 aromatic rings. The summed E-state index contributed by atoms with van der Waals surface area (Å²) in [5, 5.41) is 5.87. The monoisotopic (exact) mass is 326 g/mol. The maximum absolute atomic E-state index is 11.4. The molecule has 1 fully saturated rings. The van der Waals surface area contributed by atoms with Gasteiger partial charge in [-0.25, -0.2) is 0 Å². The molecular formula is C18H34N2O3. The van der Waals surface area contributed by atoms with Gasteiger partial charge in [-0.3, -0.25) is 9.59 Å². The molecule has 0 atom stereocenters. The van der Waals surface area contributed by atoms with Gasteiger partial charge < -0.3 is 15.4 Å². The minimum Gasteiger partial charge on any atom is -0.372 e. The van der Waals surface area contributed by atoms with Crippen molar-refractivity contribution >= 4 is 11.8 Å². The number of rotatable bonds is 15. The maximum atomic E-state index is 11.4. The smallest absolute Gasteiger partial charge is 0.245 e. The van der Waals surface area contributed by atoms with Gasteiger partial charge in [0.2, 0.25) is 11.8 Å². The highest BCUT2D eigenvalue weighted by molar-refractivity contribution is 5.80. The van der Waals surface area contributed by atoms with E-state index in [4.69, 9.17) is 4.74 Å². The molecule has 1 aliphatic rings. The molecule has 0 saturated heterocycles. The first-order valence-electron chi connectivity index (χ1n) is 9.36. The van der Waals surface area contributed by atoms with Crippen LogP contribution in [0.3, 0.4) is 0 Å². The summed E-state index contributed by atoms with van der Waals surface area (Å²) in [7, 11) is 0. The van der Waals surface area contributed by atoms with E-state index in [1.165, 1.54) is 38.5 Å². The van der Waals surface area contributed by atoms with Crippen molar-refractivity contribution in [3.05, 3.63) is 0 Å². The van der Waals surface area contributed by atoms with Crippen molar-refractivity contribution in [2.45, 2.75) is 71.1 Å². The third-order valence-corrected chi connectivity index (χ3v) is 4.11. The molecule has 5 nitrogen and oxygen atoms in total. The normalized spacial score (nSPS) is 13.8. The molecule has 0 heterocycles. The van der Waals surface area contributed by atoms with E-state index < -0.39 is 0 Å². The zero-order valence-corrected chi connectivity index (χ0v) is 14.7. The van der Waals surface area contributed by atoms with Crippen molar-refractivity contribution < 1.29 is 14.3 Å². The van der Waals surface area contributed by atoms with Gasteiger partial charge in [0.05, 0.1) is 0 Å². The van der Waals surface area contributed by atoms with Crippen molar-refractivity contribution in [1.29, 1.82) is 0 Å². The summed E-state index contributed by atoms with van der Waals surface area (Å²) in [5.41, 5.74) is 0. The van der Waals surface area contributed by atoms with Gasteiger partial charge in [-0.15, -0.1) is 0 Å². The molecule has 134 valence electrons. The molecule has 1 rings (SSSR count). The van der Waals surface area contributed by atoms with Crippen LogP contribution in [-0.2, 0) is 14.3 Å². The van der Waals surface area contributed by atoms with Crippen molar-refractivity contribution in [2.75, 3.05) is 26.3 Å². The predicted molar refractivity (Wildman–Crippen MR) is 92.2 cm³/mol. The number of ether oxygens (including phenoxy) is 1. The number of carbonyl (C=O) groups excluding carboxylic acids is 2. The molecule has 0 aromatic heterocycles. The fourth-order valence-corrected chi connectivity index (χ4v) is 2.49. The fourth-order valence-electron chi connectivity index (χ4n) is 2.49. The lowest BCUT2D eigenvalue weighted by Gasteiger charge is -2.06. The average molecular weight is 326 g/mol. The number of amides is 2. The van der Waals surface area contributed by atoms with Gasteiger partial charge in [-0.2, -0.15) is 0 Å². The van der Waals surface area contributed by atoms with Crippen molar-refractivity contribution in [1.82, 2.24) is 10.6 Å². The number of nitrogens with one attached hydrogen (secondary N) is 2. The molecule has 0 aliphatic heterocycles. The first-order valence-corrected chi connectivity index (χ1v) is 9.36. The third kappa shape index (κ3) is 12.0. The number of hydrogen-bond donors (Lipinski definition) is 2. The highest BCUT2D eigenvalue weighted by Gasteiger charge is 2.28. The predicted octanol–water partition coefficient (Wildman–Crippen LogP) is 2.79.